The van der Waals surface area contributed by atoms with Crippen molar-refractivity contribution in [3.05, 3.63) is 35.9 Å². The van der Waals surface area contributed by atoms with Crippen LogP contribution in [0.3, 0.4) is 0 Å². The summed E-state index contributed by atoms with van der Waals surface area (Å²) in [4.78, 5) is 10.5. The van der Waals surface area contributed by atoms with Gasteiger partial charge in [-0.25, -0.2) is 0 Å². The Morgan fingerprint density at radius 3 is 2.53 bits per heavy atom. The highest BCUT2D eigenvalue weighted by molar-refractivity contribution is 5.57. The molecule has 0 aliphatic carbocycles. The van der Waals surface area contributed by atoms with Crippen molar-refractivity contribution in [3.8, 4) is 0 Å². The fourth-order valence-corrected chi connectivity index (χ4v) is 1.11. The molecule has 4 nitrogen and oxygen atoms in total. The average molecular weight is 210 g/mol. The summed E-state index contributed by atoms with van der Waals surface area (Å²) in [6.45, 7) is -0.250. The molecule has 2 atom stereocenters. The number of ether oxygens (including phenoxy) is 1. The molecular weight excluding hydrogens is 196 g/mol. The minimum absolute atomic E-state index is 0.237. The maximum atomic E-state index is 10.5. The summed E-state index contributed by atoms with van der Waals surface area (Å²) in [5.41, 5.74) is 0.912. The van der Waals surface area contributed by atoms with Crippen LogP contribution in [0.15, 0.2) is 30.3 Å². The van der Waals surface area contributed by atoms with Gasteiger partial charge in [0.15, 0.2) is 6.29 Å². The van der Waals surface area contributed by atoms with Gasteiger partial charge in [0.25, 0.3) is 0 Å². The van der Waals surface area contributed by atoms with E-state index in [1.807, 2.05) is 30.3 Å². The molecule has 1 rings (SSSR count). The molecule has 1 aromatic carbocycles. The van der Waals surface area contributed by atoms with Gasteiger partial charge >= 0.3 is 0 Å². The molecule has 1 aromatic rings. The van der Waals surface area contributed by atoms with E-state index in [9.17, 15) is 9.90 Å². The molecule has 4 heteroatoms. The molecule has 0 spiro atoms. The monoisotopic (exact) mass is 210 g/mol. The van der Waals surface area contributed by atoms with Crippen LogP contribution < -0.4 is 0 Å². The lowest BCUT2D eigenvalue weighted by Crippen LogP contribution is -2.33. The van der Waals surface area contributed by atoms with Gasteiger partial charge in [-0.2, -0.15) is 0 Å². The third-order valence-electron chi connectivity index (χ3n) is 1.99. The van der Waals surface area contributed by atoms with Gasteiger partial charge in [0, 0.05) is 0 Å². The Kier molecular flexibility index (Phi) is 4.97. The van der Waals surface area contributed by atoms with E-state index in [2.05, 4.69) is 0 Å². The second-order valence-electron chi connectivity index (χ2n) is 3.15. The first-order valence-electron chi connectivity index (χ1n) is 4.67. The van der Waals surface area contributed by atoms with E-state index in [1.165, 1.54) is 0 Å². The van der Waals surface area contributed by atoms with Gasteiger partial charge in [0.1, 0.15) is 12.2 Å². The molecule has 0 aliphatic rings. The molecule has 0 saturated carbocycles. The Morgan fingerprint density at radius 1 is 1.33 bits per heavy atom. The van der Waals surface area contributed by atoms with Crippen molar-refractivity contribution in [2.24, 2.45) is 0 Å². The van der Waals surface area contributed by atoms with E-state index in [0.717, 1.165) is 5.56 Å². The SMILES string of the molecule is O=CC(OCc1ccccc1)C(O)CO. The van der Waals surface area contributed by atoms with E-state index in [0.29, 0.717) is 6.29 Å². The van der Waals surface area contributed by atoms with Gasteiger partial charge in [-0.05, 0) is 5.56 Å². The molecule has 15 heavy (non-hydrogen) atoms. The molecule has 0 radical (unpaired) electrons. The van der Waals surface area contributed by atoms with Crippen molar-refractivity contribution in [2.45, 2.75) is 18.8 Å². The maximum absolute atomic E-state index is 10.5. The van der Waals surface area contributed by atoms with Gasteiger partial charge in [0.05, 0.1) is 13.2 Å². The van der Waals surface area contributed by atoms with E-state index in [1.54, 1.807) is 0 Å². The van der Waals surface area contributed by atoms with E-state index < -0.39 is 18.8 Å². The van der Waals surface area contributed by atoms with Crippen molar-refractivity contribution in [1.29, 1.82) is 0 Å². The summed E-state index contributed by atoms with van der Waals surface area (Å²) >= 11 is 0. The number of hydrogen-bond donors (Lipinski definition) is 2. The number of benzene rings is 1. The van der Waals surface area contributed by atoms with Crippen LogP contribution in [0.25, 0.3) is 0 Å². The van der Waals surface area contributed by atoms with Crippen LogP contribution in [0.2, 0.25) is 0 Å². The Morgan fingerprint density at radius 2 is 2.00 bits per heavy atom. The predicted octanol–water partition coefficient (Wildman–Crippen LogP) is 0.124. The third-order valence-corrected chi connectivity index (χ3v) is 1.99. The number of carbonyl (C=O) groups is 1. The Labute approximate surface area is 88.1 Å². The van der Waals surface area contributed by atoms with Gasteiger partial charge in [-0.1, -0.05) is 30.3 Å². The minimum atomic E-state index is -1.16. The normalized spacial score (nSPS) is 14.5. The number of aliphatic hydroxyl groups is 2. The molecule has 0 aliphatic heterocycles. The number of rotatable bonds is 6. The largest absolute Gasteiger partial charge is 0.394 e. The van der Waals surface area contributed by atoms with Crippen LogP contribution in [0.1, 0.15) is 5.56 Å². The summed E-state index contributed by atoms with van der Waals surface area (Å²) in [5.74, 6) is 0. The van der Waals surface area contributed by atoms with Gasteiger partial charge in [0.2, 0.25) is 0 Å². The van der Waals surface area contributed by atoms with Crippen LogP contribution in [0.5, 0.6) is 0 Å². The summed E-state index contributed by atoms with van der Waals surface area (Å²) in [6.07, 6.45) is -1.65. The number of carbonyl (C=O) groups excluding carboxylic acids is 1. The lowest BCUT2D eigenvalue weighted by atomic mass is 10.2. The summed E-state index contributed by atoms with van der Waals surface area (Å²) in [7, 11) is 0. The first kappa shape index (κ1) is 11.8. The zero-order chi connectivity index (χ0) is 11.1. The average Bonchev–Trinajstić information content (AvgIpc) is 2.31. The highest BCUT2D eigenvalue weighted by Gasteiger charge is 2.17. The van der Waals surface area contributed by atoms with Crippen molar-refractivity contribution in [2.75, 3.05) is 6.61 Å². The lowest BCUT2D eigenvalue weighted by Gasteiger charge is -2.16. The van der Waals surface area contributed by atoms with Crippen LogP contribution in [-0.2, 0) is 16.1 Å². The molecule has 82 valence electrons. The van der Waals surface area contributed by atoms with Crippen molar-refractivity contribution in [1.82, 2.24) is 0 Å². The molecule has 0 amide bonds. The first-order valence-corrected chi connectivity index (χ1v) is 4.67. The molecule has 0 bridgehead atoms. The minimum Gasteiger partial charge on any atom is -0.394 e. The third kappa shape index (κ3) is 3.79. The van der Waals surface area contributed by atoms with Crippen molar-refractivity contribution >= 4 is 6.29 Å². The van der Waals surface area contributed by atoms with Gasteiger partial charge in [-0.15, -0.1) is 0 Å². The zero-order valence-corrected chi connectivity index (χ0v) is 8.24. The van der Waals surface area contributed by atoms with Crippen LogP contribution >= 0.6 is 0 Å². The Hall–Kier alpha value is -1.23. The Bertz CT molecular complexity index is 286. The fraction of sp³-hybridized carbons (Fsp3) is 0.364. The van der Waals surface area contributed by atoms with Gasteiger partial charge in [-0.3, -0.25) is 0 Å². The van der Waals surface area contributed by atoms with Crippen LogP contribution in [0, 0.1) is 0 Å². The molecule has 0 heterocycles. The maximum Gasteiger partial charge on any atom is 0.151 e. The highest BCUT2D eigenvalue weighted by atomic mass is 16.5. The van der Waals surface area contributed by atoms with E-state index in [4.69, 9.17) is 9.84 Å². The fourth-order valence-electron chi connectivity index (χ4n) is 1.11. The van der Waals surface area contributed by atoms with Crippen molar-refractivity contribution < 1.29 is 19.7 Å². The van der Waals surface area contributed by atoms with E-state index >= 15 is 0 Å². The van der Waals surface area contributed by atoms with Crippen LogP contribution in [-0.4, -0.2) is 35.3 Å². The standard InChI is InChI=1S/C11H14O4/c12-6-10(14)11(7-13)15-8-9-4-2-1-3-5-9/h1-5,7,10-12,14H,6,8H2. The lowest BCUT2D eigenvalue weighted by molar-refractivity contribution is -0.129. The number of hydrogen-bond acceptors (Lipinski definition) is 4. The molecule has 2 N–H and O–H groups in total. The Balaban J connectivity index is 2.44. The number of aldehydes is 1. The van der Waals surface area contributed by atoms with Crippen molar-refractivity contribution in [3.63, 3.8) is 0 Å². The quantitative estimate of drug-likeness (QED) is 0.655. The number of aliphatic hydroxyl groups excluding tert-OH is 2. The highest BCUT2D eigenvalue weighted by Crippen LogP contribution is 2.04. The smallest absolute Gasteiger partial charge is 0.151 e. The first-order chi connectivity index (χ1) is 7.27. The zero-order valence-electron chi connectivity index (χ0n) is 8.24. The molecule has 2 unspecified atom stereocenters. The van der Waals surface area contributed by atoms with Gasteiger partial charge < -0.3 is 19.7 Å². The van der Waals surface area contributed by atoms with Crippen LogP contribution in [0.4, 0.5) is 0 Å². The molecular formula is C11H14O4. The predicted molar refractivity (Wildman–Crippen MR) is 54.2 cm³/mol. The van der Waals surface area contributed by atoms with E-state index in [-0.39, 0.29) is 6.61 Å². The molecule has 0 fully saturated rings. The second-order valence-corrected chi connectivity index (χ2v) is 3.15. The molecule has 0 saturated heterocycles. The summed E-state index contributed by atoms with van der Waals surface area (Å²) < 4.78 is 5.15. The summed E-state index contributed by atoms with van der Waals surface area (Å²) in [5, 5.41) is 17.8. The second kappa shape index (κ2) is 6.29. The molecule has 0 aromatic heterocycles. The topological polar surface area (TPSA) is 66.8 Å². The summed E-state index contributed by atoms with van der Waals surface area (Å²) in [6, 6.07) is 9.30.